The minimum atomic E-state index is -1.38. The fraction of sp³-hybridized carbons (Fsp3) is 0.349. The normalized spacial score (nSPS) is 13.8. The average Bonchev–Trinajstić information content (AvgIpc) is 3.48. The summed E-state index contributed by atoms with van der Waals surface area (Å²) in [6.07, 6.45) is 1.57. The second kappa shape index (κ2) is 18.8. The van der Waals surface area contributed by atoms with E-state index in [1.54, 1.807) is 0 Å². The van der Waals surface area contributed by atoms with Crippen LogP contribution in [0.4, 0.5) is 4.79 Å². The maximum Gasteiger partial charge on any atom is 0.407 e. The van der Waals surface area contributed by atoms with Gasteiger partial charge in [0.25, 0.3) is 0 Å². The van der Waals surface area contributed by atoms with Gasteiger partial charge in [-0.2, -0.15) is 11.8 Å². The lowest BCUT2D eigenvalue weighted by Crippen LogP contribution is -2.60. The van der Waals surface area contributed by atoms with Gasteiger partial charge in [0.05, 0.1) is 6.61 Å². The van der Waals surface area contributed by atoms with Crippen molar-refractivity contribution in [1.82, 2.24) is 20.9 Å². The van der Waals surface area contributed by atoms with E-state index in [1.165, 1.54) is 16.7 Å². The van der Waals surface area contributed by atoms with Crippen molar-refractivity contribution in [1.29, 1.82) is 0 Å². The van der Waals surface area contributed by atoms with Crippen molar-refractivity contribution in [2.24, 2.45) is 0 Å². The fourth-order valence-electron chi connectivity index (χ4n) is 6.71. The second-order valence-electron chi connectivity index (χ2n) is 14.4. The van der Waals surface area contributed by atoms with Crippen LogP contribution in [0.1, 0.15) is 55.4 Å². The Kier molecular flexibility index (Phi) is 13.9. The van der Waals surface area contributed by atoms with Crippen LogP contribution in [0.3, 0.4) is 0 Å². The van der Waals surface area contributed by atoms with Crippen molar-refractivity contribution in [3.05, 3.63) is 131 Å². The third kappa shape index (κ3) is 10.5. The van der Waals surface area contributed by atoms with Crippen LogP contribution < -0.4 is 16.0 Å². The number of hydrogen-bond acceptors (Lipinski definition) is 7. The molecule has 1 aliphatic rings. The average molecular weight is 751 g/mol. The molecule has 0 aliphatic heterocycles. The number of nitrogens with one attached hydrogen (secondary N) is 3. The number of aliphatic hydroxyl groups is 1. The number of alkyl carbamates (subject to hydrolysis) is 1. The first-order valence-corrected chi connectivity index (χ1v) is 19.6. The molecule has 0 fully saturated rings. The van der Waals surface area contributed by atoms with Crippen molar-refractivity contribution in [3.8, 4) is 11.1 Å². The number of fused-ring (bicyclic) bond motifs is 3. The molecule has 10 nitrogen and oxygen atoms in total. The van der Waals surface area contributed by atoms with Crippen LogP contribution in [0.2, 0.25) is 0 Å². The summed E-state index contributed by atoms with van der Waals surface area (Å²) in [5.41, 5.74) is 5.24. The predicted octanol–water partition coefficient (Wildman–Crippen LogP) is 5.68. The van der Waals surface area contributed by atoms with E-state index in [-0.39, 0.29) is 31.4 Å². The number of thioether (sulfide) groups is 1. The van der Waals surface area contributed by atoms with Gasteiger partial charge in [-0.1, -0.05) is 109 Å². The van der Waals surface area contributed by atoms with Crippen LogP contribution in [0.25, 0.3) is 11.1 Å². The highest BCUT2D eigenvalue weighted by Crippen LogP contribution is 2.44. The number of nitrogens with zero attached hydrogens (tertiary/aromatic N) is 1. The zero-order chi connectivity index (χ0) is 38.7. The second-order valence-corrected chi connectivity index (χ2v) is 15.4. The highest BCUT2D eigenvalue weighted by Gasteiger charge is 2.37. The molecule has 3 atom stereocenters. The first-order valence-electron chi connectivity index (χ1n) is 18.2. The third-order valence-corrected chi connectivity index (χ3v) is 9.93. The van der Waals surface area contributed by atoms with Gasteiger partial charge in [0.15, 0.2) is 0 Å². The lowest BCUT2D eigenvalue weighted by atomic mass is 9.98. The zero-order valence-corrected chi connectivity index (χ0v) is 32.1. The Morgan fingerprint density at radius 2 is 1.31 bits per heavy atom. The predicted molar refractivity (Wildman–Crippen MR) is 213 cm³/mol. The van der Waals surface area contributed by atoms with Gasteiger partial charge in [-0.25, -0.2) is 4.79 Å². The molecular weight excluding hydrogens is 701 g/mol. The molecule has 1 aliphatic carbocycles. The number of hydrogen-bond donors (Lipinski definition) is 4. The monoisotopic (exact) mass is 750 g/mol. The number of carbonyl (C=O) groups excluding carboxylic acids is 4. The van der Waals surface area contributed by atoms with Crippen molar-refractivity contribution in [2.45, 2.75) is 69.7 Å². The Morgan fingerprint density at radius 3 is 1.87 bits per heavy atom. The highest BCUT2D eigenvalue weighted by molar-refractivity contribution is 7.98. The molecule has 284 valence electrons. The van der Waals surface area contributed by atoms with E-state index in [0.29, 0.717) is 17.7 Å². The van der Waals surface area contributed by atoms with E-state index in [0.717, 1.165) is 27.8 Å². The quantitative estimate of drug-likeness (QED) is 0.116. The van der Waals surface area contributed by atoms with E-state index < -0.39 is 48.2 Å². The summed E-state index contributed by atoms with van der Waals surface area (Å²) in [5.74, 6) is -1.22. The molecule has 0 aromatic heterocycles. The van der Waals surface area contributed by atoms with Gasteiger partial charge >= 0.3 is 6.09 Å². The highest BCUT2D eigenvalue weighted by atomic mass is 32.2. The molecule has 54 heavy (non-hydrogen) atoms. The lowest BCUT2D eigenvalue weighted by Gasteiger charge is -2.34. The summed E-state index contributed by atoms with van der Waals surface area (Å²) in [6, 6.07) is 31.0. The van der Waals surface area contributed by atoms with Gasteiger partial charge in [0, 0.05) is 24.4 Å². The topological polar surface area (TPSA) is 137 Å². The Balaban J connectivity index is 1.41. The first kappa shape index (κ1) is 40.1. The Bertz CT molecular complexity index is 1840. The molecule has 4 aromatic rings. The van der Waals surface area contributed by atoms with Gasteiger partial charge in [0.2, 0.25) is 17.7 Å². The summed E-state index contributed by atoms with van der Waals surface area (Å²) in [7, 11) is 0. The minimum absolute atomic E-state index is 0.0420. The lowest BCUT2D eigenvalue weighted by molar-refractivity contribution is -0.145. The molecule has 5 rings (SSSR count). The fourth-order valence-corrected chi connectivity index (χ4v) is 7.18. The summed E-state index contributed by atoms with van der Waals surface area (Å²) in [5, 5.41) is 19.3. The molecule has 4 aromatic carbocycles. The van der Waals surface area contributed by atoms with Crippen molar-refractivity contribution >= 4 is 35.6 Å². The molecule has 0 saturated heterocycles. The van der Waals surface area contributed by atoms with Gasteiger partial charge < -0.3 is 30.7 Å². The Morgan fingerprint density at radius 1 is 0.759 bits per heavy atom. The van der Waals surface area contributed by atoms with Gasteiger partial charge in [-0.05, 0) is 72.6 Å². The van der Waals surface area contributed by atoms with Gasteiger partial charge in [-0.15, -0.1) is 0 Å². The number of amides is 4. The summed E-state index contributed by atoms with van der Waals surface area (Å²) in [4.78, 5) is 57.0. The van der Waals surface area contributed by atoms with E-state index in [4.69, 9.17) is 4.74 Å². The number of ether oxygens (including phenoxy) is 1. The largest absolute Gasteiger partial charge is 0.449 e. The number of aliphatic hydroxyl groups excluding tert-OH is 1. The molecule has 0 spiro atoms. The van der Waals surface area contributed by atoms with Crippen molar-refractivity contribution in [3.63, 3.8) is 0 Å². The molecule has 0 heterocycles. The summed E-state index contributed by atoms with van der Waals surface area (Å²) < 4.78 is 5.85. The Labute approximate surface area is 322 Å². The van der Waals surface area contributed by atoms with E-state index in [1.807, 2.05) is 124 Å². The molecule has 4 N–H and O–H groups in total. The molecule has 0 bridgehead atoms. The van der Waals surface area contributed by atoms with Crippen molar-refractivity contribution < 1.29 is 29.0 Å². The summed E-state index contributed by atoms with van der Waals surface area (Å²) >= 11 is 1.54. The number of benzene rings is 4. The van der Waals surface area contributed by atoms with Crippen LogP contribution in [0.15, 0.2) is 109 Å². The molecule has 0 unspecified atom stereocenters. The van der Waals surface area contributed by atoms with Crippen LogP contribution in [-0.4, -0.2) is 82.7 Å². The SMILES string of the molecule is CSCC[C@H](NC(=O)[C@H](CO)N(Cc1ccccc1)C(=O)[C@H](Cc1ccccc1)NC(=O)OCC1c2ccccc2-c2ccccc21)C(=O)NC(C)(C)C. The smallest absolute Gasteiger partial charge is 0.407 e. The number of rotatable bonds is 16. The molecule has 0 radical (unpaired) electrons. The molecule has 0 saturated carbocycles. The first-order chi connectivity index (χ1) is 26.0. The van der Waals surface area contributed by atoms with Crippen molar-refractivity contribution in [2.75, 3.05) is 25.2 Å². The molecule has 4 amide bonds. The minimum Gasteiger partial charge on any atom is -0.449 e. The zero-order valence-electron chi connectivity index (χ0n) is 31.3. The Hall–Kier alpha value is -5.13. The van der Waals surface area contributed by atoms with E-state index in [9.17, 15) is 24.3 Å². The van der Waals surface area contributed by atoms with Gasteiger partial charge in [-0.3, -0.25) is 14.4 Å². The van der Waals surface area contributed by atoms with Gasteiger partial charge in [0.1, 0.15) is 24.7 Å². The number of carbonyl (C=O) groups is 4. The van der Waals surface area contributed by atoms with Crippen LogP contribution in [0, 0.1) is 0 Å². The van der Waals surface area contributed by atoms with E-state index >= 15 is 0 Å². The maximum absolute atomic E-state index is 14.7. The van der Waals surface area contributed by atoms with Crippen LogP contribution in [-0.2, 0) is 32.1 Å². The molecular formula is C43H50N4O6S. The van der Waals surface area contributed by atoms with Crippen LogP contribution >= 0.6 is 11.8 Å². The molecule has 11 heteroatoms. The maximum atomic E-state index is 14.7. The third-order valence-electron chi connectivity index (χ3n) is 9.29. The van der Waals surface area contributed by atoms with Crippen LogP contribution in [0.5, 0.6) is 0 Å². The van der Waals surface area contributed by atoms with E-state index in [2.05, 4.69) is 28.1 Å². The standard InChI is InChI=1S/C43H50N4O6S/c1-43(2,3)46-39(49)36(23-24-54-4)44-40(50)38(27-48)47(26-30-17-9-6-10-18-30)41(51)37(25-29-15-7-5-8-16-29)45-42(52)53-28-35-33-21-13-11-19-31(33)32-20-12-14-22-34(32)35/h5-22,35-38,48H,23-28H2,1-4H3,(H,44,50)(H,45,52)(H,46,49)/t36-,37-,38-/m0/s1. The summed E-state index contributed by atoms with van der Waals surface area (Å²) in [6.45, 7) is 4.85.